The van der Waals surface area contributed by atoms with Crippen LogP contribution in [0.15, 0.2) is 56.8 Å². The lowest BCUT2D eigenvalue weighted by atomic mass is 9.91. The van der Waals surface area contributed by atoms with E-state index in [9.17, 15) is 0 Å². The predicted octanol–water partition coefficient (Wildman–Crippen LogP) is 6.74. The zero-order chi connectivity index (χ0) is 18.6. The third-order valence-electron chi connectivity index (χ3n) is 5.06. The Morgan fingerprint density at radius 1 is 1.19 bits per heavy atom. The van der Waals surface area contributed by atoms with Crippen LogP contribution in [0, 0.1) is 0 Å². The average molecular weight is 432 g/mol. The second kappa shape index (κ2) is 8.62. The lowest BCUT2D eigenvalue weighted by Gasteiger charge is -2.28. The van der Waals surface area contributed by atoms with Crippen LogP contribution in [0.2, 0.25) is 0 Å². The highest BCUT2D eigenvalue weighted by Crippen LogP contribution is 2.41. The van der Waals surface area contributed by atoms with Crippen molar-refractivity contribution in [3.8, 4) is 5.75 Å². The van der Waals surface area contributed by atoms with E-state index in [0.29, 0.717) is 0 Å². The minimum Gasteiger partial charge on any atom is -0.496 e. The number of hydrogen-bond donors (Lipinski definition) is 0. The number of halogens is 1. The molecule has 0 saturated carbocycles. The fourth-order valence-corrected chi connectivity index (χ4v) is 5.35. The summed E-state index contributed by atoms with van der Waals surface area (Å²) in [7, 11) is 1.72. The molecular weight excluding hydrogens is 406 g/mol. The van der Waals surface area contributed by atoms with Crippen molar-refractivity contribution in [1.82, 2.24) is 0 Å². The number of hydrogen-bond acceptors (Lipinski definition) is 3. The van der Waals surface area contributed by atoms with E-state index < -0.39 is 0 Å². The van der Waals surface area contributed by atoms with Crippen molar-refractivity contribution in [2.45, 2.75) is 50.0 Å². The first-order chi connectivity index (χ1) is 12.6. The van der Waals surface area contributed by atoms with Crippen molar-refractivity contribution in [2.75, 3.05) is 12.9 Å². The van der Waals surface area contributed by atoms with E-state index in [-0.39, 0.29) is 5.54 Å². The molecule has 0 aliphatic carbocycles. The maximum atomic E-state index is 5.57. The maximum absolute atomic E-state index is 5.57. The molecule has 1 aliphatic heterocycles. The van der Waals surface area contributed by atoms with E-state index in [1.807, 2.05) is 11.8 Å². The molecule has 2 aromatic rings. The van der Waals surface area contributed by atoms with Crippen LogP contribution in [-0.4, -0.2) is 24.1 Å². The molecule has 138 valence electrons. The van der Waals surface area contributed by atoms with E-state index in [0.717, 1.165) is 34.5 Å². The van der Waals surface area contributed by atoms with Gasteiger partial charge in [0, 0.05) is 21.8 Å². The number of methoxy groups -OCH3 is 1. The molecule has 26 heavy (non-hydrogen) atoms. The van der Waals surface area contributed by atoms with E-state index in [4.69, 9.17) is 9.73 Å². The second-order valence-corrected chi connectivity index (χ2v) is 8.65. The number of rotatable bonds is 6. The molecule has 0 spiro atoms. The van der Waals surface area contributed by atoms with E-state index in [1.165, 1.54) is 28.9 Å². The smallest absolute Gasteiger partial charge is 0.133 e. The summed E-state index contributed by atoms with van der Waals surface area (Å²) in [6.07, 6.45) is 4.61. The van der Waals surface area contributed by atoms with Gasteiger partial charge in [0.2, 0.25) is 0 Å². The Morgan fingerprint density at radius 2 is 1.96 bits per heavy atom. The van der Waals surface area contributed by atoms with Gasteiger partial charge in [0.1, 0.15) is 5.75 Å². The van der Waals surface area contributed by atoms with Gasteiger partial charge in [-0.2, -0.15) is 0 Å². The number of unbranched alkanes of at least 4 members (excludes halogenated alkanes) is 1. The van der Waals surface area contributed by atoms with E-state index in [1.54, 1.807) is 7.11 Å². The zero-order valence-electron chi connectivity index (χ0n) is 15.7. The molecule has 1 heterocycles. The quantitative estimate of drug-likeness (QED) is 0.504. The number of thioether (sulfide) groups is 1. The fraction of sp³-hybridized carbons (Fsp3) is 0.409. The highest BCUT2D eigenvalue weighted by Gasteiger charge is 2.32. The molecule has 0 aromatic heterocycles. The molecule has 0 unspecified atom stereocenters. The minimum atomic E-state index is -0.00934. The van der Waals surface area contributed by atoms with Gasteiger partial charge in [0.05, 0.1) is 22.8 Å². The normalized spacial score (nSPS) is 19.5. The van der Waals surface area contributed by atoms with E-state index in [2.05, 4.69) is 72.2 Å². The molecule has 0 fully saturated rings. The summed E-state index contributed by atoms with van der Waals surface area (Å²) in [6, 6.07) is 14.9. The van der Waals surface area contributed by atoms with Crippen LogP contribution in [0.25, 0.3) is 0 Å². The molecule has 1 atom stereocenters. The van der Waals surface area contributed by atoms with Crippen LogP contribution in [0.5, 0.6) is 5.75 Å². The first kappa shape index (κ1) is 19.5. The van der Waals surface area contributed by atoms with Crippen molar-refractivity contribution in [1.29, 1.82) is 0 Å². The van der Waals surface area contributed by atoms with Crippen molar-refractivity contribution in [2.24, 2.45) is 4.99 Å². The van der Waals surface area contributed by atoms with E-state index >= 15 is 0 Å². The van der Waals surface area contributed by atoms with Gasteiger partial charge in [-0.1, -0.05) is 57.0 Å². The average Bonchev–Trinajstić information content (AvgIpc) is 2.84. The minimum absolute atomic E-state index is 0.00934. The van der Waals surface area contributed by atoms with Crippen molar-refractivity contribution in [3.05, 3.63) is 58.1 Å². The van der Waals surface area contributed by atoms with Gasteiger partial charge in [-0.25, -0.2) is 0 Å². The highest BCUT2D eigenvalue weighted by molar-refractivity contribution is 9.10. The van der Waals surface area contributed by atoms with Gasteiger partial charge in [-0.15, -0.1) is 11.8 Å². The lowest BCUT2D eigenvalue weighted by molar-refractivity contribution is 0.411. The Hall–Kier alpha value is -1.26. The van der Waals surface area contributed by atoms with Gasteiger partial charge in [-0.05, 0) is 40.9 Å². The van der Waals surface area contributed by atoms with Gasteiger partial charge in [0.25, 0.3) is 0 Å². The summed E-state index contributed by atoms with van der Waals surface area (Å²) < 4.78 is 6.56. The van der Waals surface area contributed by atoms with Crippen molar-refractivity contribution < 1.29 is 4.74 Å². The number of aliphatic imine (C=N–C) groups is 1. The fourth-order valence-electron chi connectivity index (χ4n) is 3.35. The molecule has 2 aromatic carbocycles. The monoisotopic (exact) mass is 431 g/mol. The predicted molar refractivity (Wildman–Crippen MR) is 116 cm³/mol. The summed E-state index contributed by atoms with van der Waals surface area (Å²) in [4.78, 5) is 6.68. The van der Waals surface area contributed by atoms with Crippen LogP contribution < -0.4 is 4.74 Å². The van der Waals surface area contributed by atoms with Crippen molar-refractivity contribution >= 4 is 33.4 Å². The van der Waals surface area contributed by atoms with Crippen LogP contribution in [-0.2, 0) is 0 Å². The van der Waals surface area contributed by atoms with Gasteiger partial charge >= 0.3 is 0 Å². The SMILES string of the molecule is CCCC[C@]1(CC)CSc2cc(Br)c(OC)cc2C(c2ccccc2)=N1. The third kappa shape index (κ3) is 4.01. The maximum Gasteiger partial charge on any atom is 0.133 e. The standard InChI is InChI=1S/C22H26BrNOS/c1-4-6-12-22(5-2)15-26-20-14-18(23)19(25-3)13-17(20)21(24-22)16-10-8-7-9-11-16/h7-11,13-14H,4-6,12,15H2,1-3H3/t22-/m1/s1. The number of ether oxygens (including phenoxy) is 1. The van der Waals surface area contributed by atoms with Gasteiger partial charge < -0.3 is 4.74 Å². The topological polar surface area (TPSA) is 21.6 Å². The van der Waals surface area contributed by atoms with Crippen molar-refractivity contribution in [3.63, 3.8) is 0 Å². The molecule has 0 saturated heterocycles. The molecule has 4 heteroatoms. The summed E-state index contributed by atoms with van der Waals surface area (Å²) in [6.45, 7) is 4.53. The highest BCUT2D eigenvalue weighted by atomic mass is 79.9. The zero-order valence-corrected chi connectivity index (χ0v) is 18.1. The molecule has 0 bridgehead atoms. The molecule has 0 amide bonds. The van der Waals surface area contributed by atoms with Crippen LogP contribution in [0.1, 0.15) is 50.7 Å². The molecule has 0 N–H and O–H groups in total. The Kier molecular flexibility index (Phi) is 6.46. The second-order valence-electron chi connectivity index (χ2n) is 6.78. The summed E-state index contributed by atoms with van der Waals surface area (Å²) in [5, 5.41) is 0. The Labute approximate surface area is 169 Å². The first-order valence-electron chi connectivity index (χ1n) is 9.28. The number of nitrogens with zero attached hydrogens (tertiary/aromatic N) is 1. The Bertz CT molecular complexity index is 790. The molecule has 1 aliphatic rings. The van der Waals surface area contributed by atoms with Crippen LogP contribution in [0.3, 0.4) is 0 Å². The van der Waals surface area contributed by atoms with Crippen LogP contribution >= 0.6 is 27.7 Å². The molecular formula is C22H26BrNOS. The Morgan fingerprint density at radius 3 is 2.62 bits per heavy atom. The summed E-state index contributed by atoms with van der Waals surface area (Å²) in [5.74, 6) is 1.87. The summed E-state index contributed by atoms with van der Waals surface area (Å²) >= 11 is 5.57. The molecule has 0 radical (unpaired) electrons. The van der Waals surface area contributed by atoms with Gasteiger partial charge in [-0.3, -0.25) is 4.99 Å². The number of benzene rings is 2. The first-order valence-corrected chi connectivity index (χ1v) is 11.1. The Balaban J connectivity index is 2.19. The summed E-state index contributed by atoms with van der Waals surface area (Å²) in [5.41, 5.74) is 3.43. The largest absolute Gasteiger partial charge is 0.496 e. The lowest BCUT2D eigenvalue weighted by Crippen LogP contribution is -2.29. The van der Waals surface area contributed by atoms with Crippen LogP contribution in [0.4, 0.5) is 0 Å². The molecule has 2 nitrogen and oxygen atoms in total. The third-order valence-corrected chi connectivity index (χ3v) is 7.01. The molecule has 3 rings (SSSR count). The number of fused-ring (bicyclic) bond motifs is 1. The van der Waals surface area contributed by atoms with Gasteiger partial charge in [0.15, 0.2) is 0 Å².